The molecule has 0 atom stereocenters. The van der Waals surface area contributed by atoms with E-state index in [-0.39, 0.29) is 5.92 Å². The lowest BCUT2D eigenvalue weighted by molar-refractivity contribution is -0.660. The molecule has 0 saturated carbocycles. The molecule has 0 radical (unpaired) electrons. The molecule has 0 spiro atoms. The molecule has 0 fully saturated rings. The Morgan fingerprint density at radius 1 is 1.00 bits per heavy atom. The van der Waals surface area contributed by atoms with Crippen LogP contribution in [0.25, 0.3) is 33.2 Å². The maximum atomic E-state index is 9.89. The Bertz CT molecular complexity index is 1240. The number of pyridine rings is 1. The third-order valence-electron chi connectivity index (χ3n) is 5.39. The number of rotatable bonds is 2. The zero-order chi connectivity index (χ0) is 19.3. The Morgan fingerprint density at radius 3 is 2.44 bits per heavy atom. The smallest absolute Gasteiger partial charge is 0.216 e. The van der Waals surface area contributed by atoms with E-state index in [0.29, 0.717) is 11.1 Å². The van der Waals surface area contributed by atoms with Crippen molar-refractivity contribution < 1.29 is 8.98 Å². The minimum absolute atomic E-state index is 0.269. The van der Waals surface area contributed by atoms with Crippen LogP contribution >= 0.6 is 0 Å². The average molecular weight is 355 g/mol. The Kier molecular flexibility index (Phi) is 4.00. The van der Waals surface area contributed by atoms with Gasteiger partial charge in [0.1, 0.15) is 18.7 Å². The van der Waals surface area contributed by atoms with E-state index in [1.165, 1.54) is 0 Å². The quantitative estimate of drug-likeness (QED) is 0.433. The molecule has 0 aliphatic rings. The van der Waals surface area contributed by atoms with E-state index in [2.05, 4.69) is 62.6 Å². The SMILES string of the molecule is Cc1cc2c(oc3c(-c4cccc[n+]4C)c(C)ccc32)c(C#N)c1C(C)C. The number of furan rings is 1. The summed E-state index contributed by atoms with van der Waals surface area (Å²) >= 11 is 0. The van der Waals surface area contributed by atoms with Crippen LogP contribution in [0.1, 0.15) is 42.0 Å². The van der Waals surface area contributed by atoms with Crippen LogP contribution in [0, 0.1) is 25.2 Å². The lowest BCUT2D eigenvalue weighted by Gasteiger charge is -2.12. The van der Waals surface area contributed by atoms with Crippen LogP contribution < -0.4 is 4.57 Å². The Morgan fingerprint density at radius 2 is 1.78 bits per heavy atom. The summed E-state index contributed by atoms with van der Waals surface area (Å²) in [6.45, 7) is 8.43. The van der Waals surface area contributed by atoms with Gasteiger partial charge in [0.15, 0.2) is 11.8 Å². The van der Waals surface area contributed by atoms with Crippen molar-refractivity contribution in [2.45, 2.75) is 33.6 Å². The van der Waals surface area contributed by atoms with Crippen LogP contribution in [0.2, 0.25) is 0 Å². The molecule has 0 N–H and O–H groups in total. The molecular formula is C24H23N2O+. The van der Waals surface area contributed by atoms with Crippen molar-refractivity contribution in [1.29, 1.82) is 5.26 Å². The van der Waals surface area contributed by atoms with E-state index in [0.717, 1.165) is 44.3 Å². The van der Waals surface area contributed by atoms with Gasteiger partial charge in [-0.2, -0.15) is 5.26 Å². The monoisotopic (exact) mass is 355 g/mol. The van der Waals surface area contributed by atoms with Gasteiger partial charge in [-0.1, -0.05) is 26.0 Å². The van der Waals surface area contributed by atoms with Gasteiger partial charge in [0.2, 0.25) is 5.69 Å². The predicted molar refractivity (Wildman–Crippen MR) is 109 cm³/mol. The lowest BCUT2D eigenvalue weighted by atomic mass is 9.91. The molecule has 0 saturated heterocycles. The first kappa shape index (κ1) is 17.3. The van der Waals surface area contributed by atoms with Crippen molar-refractivity contribution in [2.75, 3.05) is 0 Å². The summed E-state index contributed by atoms with van der Waals surface area (Å²) in [7, 11) is 2.04. The number of aryl methyl sites for hydroxylation is 3. The second-order valence-electron chi connectivity index (χ2n) is 7.56. The number of nitrogens with zero attached hydrogens (tertiary/aromatic N) is 2. The number of hydrogen-bond donors (Lipinski definition) is 0. The summed E-state index contributed by atoms with van der Waals surface area (Å²) in [6.07, 6.45) is 2.04. The van der Waals surface area contributed by atoms with Crippen LogP contribution in [0.3, 0.4) is 0 Å². The van der Waals surface area contributed by atoms with Gasteiger partial charge in [0.25, 0.3) is 0 Å². The molecule has 4 rings (SSSR count). The van der Waals surface area contributed by atoms with Gasteiger partial charge >= 0.3 is 0 Å². The number of aromatic nitrogens is 1. The molecule has 2 heterocycles. The number of benzene rings is 2. The highest BCUT2D eigenvalue weighted by Crippen LogP contribution is 2.40. The number of fused-ring (bicyclic) bond motifs is 3. The topological polar surface area (TPSA) is 40.8 Å². The van der Waals surface area contributed by atoms with Gasteiger partial charge in [0, 0.05) is 22.9 Å². The highest BCUT2D eigenvalue weighted by atomic mass is 16.3. The second kappa shape index (κ2) is 6.25. The van der Waals surface area contributed by atoms with E-state index in [4.69, 9.17) is 4.42 Å². The maximum absolute atomic E-state index is 9.89. The molecule has 2 aromatic heterocycles. The van der Waals surface area contributed by atoms with Crippen molar-refractivity contribution in [2.24, 2.45) is 7.05 Å². The molecule has 3 heteroatoms. The third kappa shape index (κ3) is 2.52. The zero-order valence-electron chi connectivity index (χ0n) is 16.4. The van der Waals surface area contributed by atoms with E-state index in [1.807, 2.05) is 25.4 Å². The van der Waals surface area contributed by atoms with Gasteiger partial charge in [-0.25, -0.2) is 4.57 Å². The normalized spacial score (nSPS) is 11.4. The van der Waals surface area contributed by atoms with Gasteiger partial charge < -0.3 is 4.42 Å². The number of nitriles is 1. The van der Waals surface area contributed by atoms with E-state index < -0.39 is 0 Å². The summed E-state index contributed by atoms with van der Waals surface area (Å²) in [4.78, 5) is 0. The Labute approximate surface area is 159 Å². The number of hydrogen-bond acceptors (Lipinski definition) is 2. The van der Waals surface area contributed by atoms with E-state index >= 15 is 0 Å². The highest BCUT2D eigenvalue weighted by Gasteiger charge is 2.23. The van der Waals surface area contributed by atoms with Gasteiger partial charge in [-0.3, -0.25) is 0 Å². The second-order valence-corrected chi connectivity index (χ2v) is 7.56. The van der Waals surface area contributed by atoms with Crippen molar-refractivity contribution in [3.05, 3.63) is 64.8 Å². The fourth-order valence-corrected chi connectivity index (χ4v) is 4.18. The fourth-order valence-electron chi connectivity index (χ4n) is 4.18. The van der Waals surface area contributed by atoms with E-state index in [1.54, 1.807) is 0 Å². The first-order valence-corrected chi connectivity index (χ1v) is 9.28. The third-order valence-corrected chi connectivity index (χ3v) is 5.39. The summed E-state index contributed by atoms with van der Waals surface area (Å²) in [5, 5.41) is 12.0. The molecule has 0 amide bonds. The summed E-state index contributed by atoms with van der Waals surface area (Å²) in [6, 6.07) is 15.0. The highest BCUT2D eigenvalue weighted by molar-refractivity contribution is 6.11. The minimum Gasteiger partial charge on any atom is -0.454 e. The maximum Gasteiger partial charge on any atom is 0.216 e. The van der Waals surface area contributed by atoms with Gasteiger partial charge in [-0.15, -0.1) is 0 Å². The van der Waals surface area contributed by atoms with Crippen molar-refractivity contribution in [3.63, 3.8) is 0 Å². The molecule has 3 nitrogen and oxygen atoms in total. The predicted octanol–water partition coefficient (Wildman–Crippen LogP) is 5.69. The van der Waals surface area contributed by atoms with Crippen LogP contribution in [0.15, 0.2) is 47.0 Å². The van der Waals surface area contributed by atoms with Crippen molar-refractivity contribution in [1.82, 2.24) is 0 Å². The average Bonchev–Trinajstić information content (AvgIpc) is 2.99. The van der Waals surface area contributed by atoms with Crippen LogP contribution in [0.4, 0.5) is 0 Å². The lowest BCUT2D eigenvalue weighted by Crippen LogP contribution is -2.30. The Hall–Kier alpha value is -3.12. The largest absolute Gasteiger partial charge is 0.454 e. The van der Waals surface area contributed by atoms with Crippen molar-refractivity contribution >= 4 is 21.9 Å². The minimum atomic E-state index is 0.269. The zero-order valence-corrected chi connectivity index (χ0v) is 16.4. The fraction of sp³-hybridized carbons (Fsp3) is 0.250. The van der Waals surface area contributed by atoms with Crippen LogP contribution in [-0.2, 0) is 7.05 Å². The van der Waals surface area contributed by atoms with Crippen LogP contribution in [0.5, 0.6) is 0 Å². The first-order chi connectivity index (χ1) is 12.9. The molecule has 0 aliphatic heterocycles. The summed E-state index contributed by atoms with van der Waals surface area (Å²) < 4.78 is 8.51. The standard InChI is InChI=1S/C24H23N2O/c1-14(2)21-16(4)12-18-17-10-9-15(3)22(20-8-6-7-11-26(20)5)24(17)27-23(18)19(21)13-25/h6-12,14H,1-5H3/q+1. The molecule has 0 unspecified atom stereocenters. The molecular weight excluding hydrogens is 332 g/mol. The molecule has 2 aromatic carbocycles. The molecule has 4 aromatic rings. The summed E-state index contributed by atoms with van der Waals surface area (Å²) in [5.74, 6) is 0.269. The van der Waals surface area contributed by atoms with Gasteiger partial charge in [0.05, 0.1) is 11.1 Å². The molecule has 27 heavy (non-hydrogen) atoms. The summed E-state index contributed by atoms with van der Waals surface area (Å²) in [5.41, 5.74) is 7.77. The first-order valence-electron chi connectivity index (χ1n) is 9.28. The molecule has 0 aliphatic carbocycles. The van der Waals surface area contributed by atoms with Crippen molar-refractivity contribution in [3.8, 4) is 17.3 Å². The van der Waals surface area contributed by atoms with E-state index in [9.17, 15) is 5.26 Å². The van der Waals surface area contributed by atoms with Crippen LogP contribution in [-0.4, -0.2) is 0 Å². The van der Waals surface area contributed by atoms with Gasteiger partial charge in [-0.05, 0) is 48.6 Å². The molecule has 134 valence electrons. The Balaban J connectivity index is 2.19. The molecule has 0 bridgehead atoms.